The number of nitrogens with zero attached hydrogens (tertiary/aromatic N) is 3. The monoisotopic (exact) mass is 211 g/mol. The summed E-state index contributed by atoms with van der Waals surface area (Å²) >= 11 is 0. The molecule has 6 nitrogen and oxygen atoms in total. The van der Waals surface area contributed by atoms with Crippen LogP contribution in [0, 0.1) is 0 Å². The van der Waals surface area contributed by atoms with Gasteiger partial charge in [-0.25, -0.2) is 9.99 Å². The predicted octanol–water partition coefficient (Wildman–Crippen LogP) is 0.736. The van der Waals surface area contributed by atoms with Crippen LogP contribution in [0.3, 0.4) is 0 Å². The number of hydrazine groups is 1. The first-order chi connectivity index (χ1) is 7.15. The fraction of sp³-hybridized carbons (Fsp3) is 0.556. The van der Waals surface area contributed by atoms with Gasteiger partial charge in [-0.2, -0.15) is 4.98 Å². The standard InChI is InChI=1S/C9H17N5O/c1-4-5-15-9-7(10)8(11-6-12-9)13-14(2)3/h6H,4-5,10H2,1-3H3,(H,11,12,13). The molecule has 15 heavy (non-hydrogen) atoms. The van der Waals surface area contributed by atoms with E-state index in [4.69, 9.17) is 10.5 Å². The Kier molecular flexibility index (Phi) is 4.11. The lowest BCUT2D eigenvalue weighted by Crippen LogP contribution is -2.21. The maximum absolute atomic E-state index is 5.83. The van der Waals surface area contributed by atoms with E-state index >= 15 is 0 Å². The molecule has 0 saturated heterocycles. The molecule has 0 fully saturated rings. The van der Waals surface area contributed by atoms with Gasteiger partial charge in [-0.05, 0) is 6.42 Å². The van der Waals surface area contributed by atoms with Gasteiger partial charge >= 0.3 is 0 Å². The fourth-order valence-electron chi connectivity index (χ4n) is 0.994. The van der Waals surface area contributed by atoms with Crippen molar-refractivity contribution >= 4 is 11.5 Å². The van der Waals surface area contributed by atoms with Crippen LogP contribution < -0.4 is 15.9 Å². The van der Waals surface area contributed by atoms with Crippen LogP contribution in [-0.4, -0.2) is 35.7 Å². The van der Waals surface area contributed by atoms with E-state index in [1.165, 1.54) is 6.33 Å². The summed E-state index contributed by atoms with van der Waals surface area (Å²) in [6.45, 7) is 2.62. The lowest BCUT2D eigenvalue weighted by Gasteiger charge is -2.15. The SMILES string of the molecule is CCCOc1ncnc(NN(C)C)c1N. The van der Waals surface area contributed by atoms with Crippen molar-refractivity contribution in [1.82, 2.24) is 15.0 Å². The zero-order valence-electron chi connectivity index (χ0n) is 9.32. The zero-order chi connectivity index (χ0) is 11.3. The minimum Gasteiger partial charge on any atom is -0.476 e. The van der Waals surface area contributed by atoms with Crippen LogP contribution in [0.1, 0.15) is 13.3 Å². The first-order valence-corrected chi connectivity index (χ1v) is 4.82. The van der Waals surface area contributed by atoms with Gasteiger partial charge in [0, 0.05) is 14.1 Å². The lowest BCUT2D eigenvalue weighted by molar-refractivity contribution is 0.306. The van der Waals surface area contributed by atoms with Crippen LogP contribution in [0.4, 0.5) is 11.5 Å². The molecular weight excluding hydrogens is 194 g/mol. The summed E-state index contributed by atoms with van der Waals surface area (Å²) in [5, 5.41) is 1.75. The third kappa shape index (κ3) is 3.25. The molecule has 0 bridgehead atoms. The quantitative estimate of drug-likeness (QED) is 0.699. The number of hydrogen-bond acceptors (Lipinski definition) is 6. The van der Waals surface area contributed by atoms with Gasteiger partial charge in [0.15, 0.2) is 5.82 Å². The lowest BCUT2D eigenvalue weighted by atomic mass is 10.4. The molecule has 1 rings (SSSR count). The average molecular weight is 211 g/mol. The summed E-state index contributed by atoms with van der Waals surface area (Å²) in [6.07, 6.45) is 2.34. The van der Waals surface area contributed by atoms with E-state index in [2.05, 4.69) is 15.4 Å². The molecule has 0 amide bonds. The number of anilines is 2. The highest BCUT2D eigenvalue weighted by molar-refractivity contribution is 5.65. The van der Waals surface area contributed by atoms with Crippen molar-refractivity contribution in [3.05, 3.63) is 6.33 Å². The topological polar surface area (TPSA) is 76.3 Å². The Morgan fingerprint density at radius 1 is 1.47 bits per heavy atom. The molecule has 0 spiro atoms. The van der Waals surface area contributed by atoms with Crippen molar-refractivity contribution in [2.24, 2.45) is 0 Å². The van der Waals surface area contributed by atoms with Crippen LogP contribution in [0.2, 0.25) is 0 Å². The van der Waals surface area contributed by atoms with Crippen LogP contribution in [0.25, 0.3) is 0 Å². The second-order valence-corrected chi connectivity index (χ2v) is 3.30. The molecule has 0 atom stereocenters. The van der Waals surface area contributed by atoms with E-state index in [1.54, 1.807) is 5.01 Å². The first-order valence-electron chi connectivity index (χ1n) is 4.82. The third-order valence-corrected chi connectivity index (χ3v) is 1.62. The Hall–Kier alpha value is -1.56. The van der Waals surface area contributed by atoms with Crippen LogP contribution in [0.5, 0.6) is 5.88 Å². The van der Waals surface area contributed by atoms with Gasteiger partial charge in [0.05, 0.1) is 6.61 Å². The van der Waals surface area contributed by atoms with Gasteiger partial charge in [-0.3, -0.25) is 0 Å². The maximum Gasteiger partial charge on any atom is 0.242 e. The second-order valence-electron chi connectivity index (χ2n) is 3.30. The highest BCUT2D eigenvalue weighted by Gasteiger charge is 2.08. The number of ether oxygens (including phenoxy) is 1. The molecule has 1 heterocycles. The number of hydrogen-bond donors (Lipinski definition) is 2. The van der Waals surface area contributed by atoms with Crippen molar-refractivity contribution in [3.63, 3.8) is 0 Å². The molecule has 6 heteroatoms. The van der Waals surface area contributed by atoms with Crippen molar-refractivity contribution in [2.75, 3.05) is 31.9 Å². The highest BCUT2D eigenvalue weighted by atomic mass is 16.5. The number of aromatic nitrogens is 2. The van der Waals surface area contributed by atoms with E-state index in [-0.39, 0.29) is 0 Å². The Labute approximate surface area is 89.4 Å². The molecule has 1 aromatic heterocycles. The fourth-order valence-corrected chi connectivity index (χ4v) is 0.994. The third-order valence-electron chi connectivity index (χ3n) is 1.62. The molecule has 0 unspecified atom stereocenters. The van der Waals surface area contributed by atoms with E-state index in [9.17, 15) is 0 Å². The minimum absolute atomic E-state index is 0.427. The average Bonchev–Trinajstić information content (AvgIpc) is 2.19. The summed E-state index contributed by atoms with van der Waals surface area (Å²) in [5.74, 6) is 0.984. The predicted molar refractivity (Wildman–Crippen MR) is 59.5 cm³/mol. The molecular formula is C9H17N5O. The molecule has 0 saturated carbocycles. The van der Waals surface area contributed by atoms with Gasteiger partial charge in [-0.15, -0.1) is 0 Å². The van der Waals surface area contributed by atoms with E-state index < -0.39 is 0 Å². The maximum atomic E-state index is 5.83. The Morgan fingerprint density at radius 2 is 2.20 bits per heavy atom. The molecule has 0 aliphatic rings. The second kappa shape index (κ2) is 5.35. The van der Waals surface area contributed by atoms with Crippen molar-refractivity contribution < 1.29 is 4.74 Å². The summed E-state index contributed by atoms with van der Waals surface area (Å²) in [5.41, 5.74) is 9.23. The molecule has 0 radical (unpaired) electrons. The van der Waals surface area contributed by atoms with Gasteiger partial charge < -0.3 is 15.9 Å². The minimum atomic E-state index is 0.427. The van der Waals surface area contributed by atoms with Crippen molar-refractivity contribution in [2.45, 2.75) is 13.3 Å². The number of rotatable bonds is 5. The first kappa shape index (κ1) is 11.5. The summed E-state index contributed by atoms with van der Waals surface area (Å²) in [4.78, 5) is 7.99. The Balaban J connectivity index is 2.80. The molecule has 0 aliphatic heterocycles. The van der Waals surface area contributed by atoms with Gasteiger partial charge in [0.1, 0.15) is 12.0 Å². The van der Waals surface area contributed by atoms with E-state index in [0.29, 0.717) is 24.0 Å². The molecule has 84 valence electrons. The highest BCUT2D eigenvalue weighted by Crippen LogP contribution is 2.24. The summed E-state index contributed by atoms with van der Waals surface area (Å²) in [6, 6.07) is 0. The number of nitrogens with two attached hydrogens (primary N) is 1. The van der Waals surface area contributed by atoms with Crippen molar-refractivity contribution in [1.29, 1.82) is 0 Å². The Bertz CT molecular complexity index is 315. The van der Waals surface area contributed by atoms with Crippen LogP contribution >= 0.6 is 0 Å². The number of nitrogens with one attached hydrogen (secondary N) is 1. The van der Waals surface area contributed by atoms with Gasteiger partial charge in [-0.1, -0.05) is 6.92 Å². The molecule has 3 N–H and O–H groups in total. The van der Waals surface area contributed by atoms with Crippen LogP contribution in [0.15, 0.2) is 6.33 Å². The Morgan fingerprint density at radius 3 is 2.80 bits per heavy atom. The van der Waals surface area contributed by atoms with Crippen LogP contribution in [-0.2, 0) is 0 Å². The van der Waals surface area contributed by atoms with Gasteiger partial charge in [0.25, 0.3) is 0 Å². The van der Waals surface area contributed by atoms with Gasteiger partial charge in [0.2, 0.25) is 5.88 Å². The zero-order valence-corrected chi connectivity index (χ0v) is 9.32. The summed E-state index contributed by atoms with van der Waals surface area (Å²) < 4.78 is 5.37. The smallest absolute Gasteiger partial charge is 0.242 e. The van der Waals surface area contributed by atoms with Crippen molar-refractivity contribution in [3.8, 4) is 5.88 Å². The summed E-state index contributed by atoms with van der Waals surface area (Å²) in [7, 11) is 3.71. The largest absolute Gasteiger partial charge is 0.476 e. The molecule has 1 aromatic rings. The molecule has 0 aromatic carbocycles. The number of nitrogen functional groups attached to an aromatic ring is 1. The van der Waals surface area contributed by atoms with E-state index in [1.807, 2.05) is 21.0 Å². The molecule has 0 aliphatic carbocycles. The normalized spacial score (nSPS) is 10.4. The van der Waals surface area contributed by atoms with E-state index in [0.717, 1.165) is 6.42 Å².